The van der Waals surface area contributed by atoms with Gasteiger partial charge >= 0.3 is 0 Å². The van der Waals surface area contributed by atoms with E-state index in [0.717, 1.165) is 43.4 Å². The molecule has 2 aromatic heterocycles. The number of hydrogen-bond acceptors (Lipinski definition) is 3. The second-order valence-electron chi connectivity index (χ2n) is 6.74. The number of benzene rings is 1. The van der Waals surface area contributed by atoms with Crippen LogP contribution in [0.25, 0.3) is 10.9 Å². The lowest BCUT2D eigenvalue weighted by atomic mass is 9.91. The second kappa shape index (κ2) is 7.01. The van der Waals surface area contributed by atoms with E-state index in [4.69, 9.17) is 0 Å². The first-order valence-electron chi connectivity index (χ1n) is 8.82. The largest absolute Gasteiger partial charge is 0.338 e. The van der Waals surface area contributed by atoms with Crippen LogP contribution in [0.1, 0.15) is 28.8 Å². The molecule has 4 heteroatoms. The minimum Gasteiger partial charge on any atom is -0.338 e. The lowest BCUT2D eigenvalue weighted by Gasteiger charge is -2.33. The highest BCUT2D eigenvalue weighted by molar-refractivity contribution is 5.94. The van der Waals surface area contributed by atoms with Gasteiger partial charge in [0.25, 0.3) is 5.91 Å². The molecule has 3 aromatic rings. The fraction of sp³-hybridized carbons (Fsp3) is 0.286. The highest BCUT2D eigenvalue weighted by Gasteiger charge is 2.24. The third-order valence-electron chi connectivity index (χ3n) is 4.90. The minimum absolute atomic E-state index is 0.115. The molecule has 4 rings (SSSR count). The predicted molar refractivity (Wildman–Crippen MR) is 98.3 cm³/mol. The van der Waals surface area contributed by atoms with Gasteiger partial charge in [-0.2, -0.15) is 0 Å². The number of amides is 1. The van der Waals surface area contributed by atoms with Crippen molar-refractivity contribution in [3.05, 3.63) is 72.2 Å². The molecular weight excluding hydrogens is 310 g/mol. The number of para-hydroxylation sites is 1. The molecule has 0 bridgehead atoms. The quantitative estimate of drug-likeness (QED) is 0.735. The van der Waals surface area contributed by atoms with Gasteiger partial charge in [-0.15, -0.1) is 0 Å². The Labute approximate surface area is 147 Å². The maximum absolute atomic E-state index is 12.7. The number of carbonyl (C=O) groups excluding carboxylic acids is 1. The summed E-state index contributed by atoms with van der Waals surface area (Å²) in [6, 6.07) is 14.0. The number of hydrogen-bond donors (Lipinski definition) is 0. The lowest BCUT2D eigenvalue weighted by molar-refractivity contribution is 0.0673. The van der Waals surface area contributed by atoms with Crippen LogP contribution in [-0.2, 0) is 6.42 Å². The average Bonchev–Trinajstić information content (AvgIpc) is 2.68. The molecule has 0 saturated carbocycles. The Kier molecular flexibility index (Phi) is 4.42. The van der Waals surface area contributed by atoms with E-state index in [9.17, 15) is 4.79 Å². The molecule has 1 aliphatic rings. The number of fused-ring (bicyclic) bond motifs is 1. The van der Waals surface area contributed by atoms with Crippen molar-refractivity contribution in [2.24, 2.45) is 5.92 Å². The number of piperidine rings is 1. The van der Waals surface area contributed by atoms with Crippen LogP contribution in [-0.4, -0.2) is 33.9 Å². The molecule has 4 nitrogen and oxygen atoms in total. The van der Waals surface area contributed by atoms with Crippen molar-refractivity contribution < 1.29 is 4.79 Å². The Morgan fingerprint density at radius 3 is 2.88 bits per heavy atom. The van der Waals surface area contributed by atoms with Crippen LogP contribution in [0.3, 0.4) is 0 Å². The van der Waals surface area contributed by atoms with Gasteiger partial charge in [-0.05, 0) is 55.0 Å². The Balaban J connectivity index is 1.46. The fourth-order valence-electron chi connectivity index (χ4n) is 3.65. The van der Waals surface area contributed by atoms with Gasteiger partial charge in [-0.25, -0.2) is 0 Å². The van der Waals surface area contributed by atoms with Gasteiger partial charge in [0.05, 0.1) is 5.52 Å². The molecule has 1 amide bonds. The van der Waals surface area contributed by atoms with Gasteiger partial charge in [0, 0.05) is 42.6 Å². The van der Waals surface area contributed by atoms with Gasteiger partial charge in [0.1, 0.15) is 0 Å². The SMILES string of the molecule is O=C(c1ccncc1)N1CCC[C@H](Cc2cnc3ccccc3c2)C1. The van der Waals surface area contributed by atoms with Crippen LogP contribution in [0.15, 0.2) is 61.1 Å². The van der Waals surface area contributed by atoms with Crippen molar-refractivity contribution in [3.8, 4) is 0 Å². The van der Waals surface area contributed by atoms with Crippen molar-refractivity contribution in [2.45, 2.75) is 19.3 Å². The maximum atomic E-state index is 12.7. The van der Waals surface area contributed by atoms with Crippen molar-refractivity contribution in [1.82, 2.24) is 14.9 Å². The van der Waals surface area contributed by atoms with Gasteiger partial charge in [0.2, 0.25) is 0 Å². The zero-order chi connectivity index (χ0) is 17.1. The molecule has 1 fully saturated rings. The molecule has 0 aliphatic carbocycles. The molecule has 25 heavy (non-hydrogen) atoms. The summed E-state index contributed by atoms with van der Waals surface area (Å²) in [5.41, 5.74) is 3.01. The third kappa shape index (κ3) is 3.53. The lowest BCUT2D eigenvalue weighted by Crippen LogP contribution is -2.40. The number of aromatic nitrogens is 2. The number of pyridine rings is 2. The summed E-state index contributed by atoms with van der Waals surface area (Å²) in [7, 11) is 0. The summed E-state index contributed by atoms with van der Waals surface area (Å²) in [6.07, 6.45) is 8.52. The summed E-state index contributed by atoms with van der Waals surface area (Å²) < 4.78 is 0. The van der Waals surface area contributed by atoms with Crippen molar-refractivity contribution in [1.29, 1.82) is 0 Å². The molecule has 1 saturated heterocycles. The standard InChI is InChI=1S/C21H21N3O/c25-21(18-7-9-22-10-8-18)24-11-3-4-16(15-24)12-17-13-19-5-1-2-6-20(19)23-14-17/h1-2,5-10,13-14,16H,3-4,11-12,15H2/t16-/m1/s1. The Bertz CT molecular complexity index is 878. The molecule has 0 N–H and O–H groups in total. The highest BCUT2D eigenvalue weighted by atomic mass is 16.2. The number of carbonyl (C=O) groups is 1. The normalized spacial score (nSPS) is 17.6. The first-order valence-corrected chi connectivity index (χ1v) is 8.82. The molecule has 0 spiro atoms. The number of likely N-dealkylation sites (tertiary alicyclic amines) is 1. The summed E-state index contributed by atoms with van der Waals surface area (Å²) in [5.74, 6) is 0.603. The zero-order valence-electron chi connectivity index (χ0n) is 14.1. The van der Waals surface area contributed by atoms with E-state index in [0.29, 0.717) is 5.92 Å². The first kappa shape index (κ1) is 15.8. The van der Waals surface area contributed by atoms with E-state index in [1.807, 2.05) is 29.3 Å². The first-order chi connectivity index (χ1) is 12.3. The smallest absolute Gasteiger partial charge is 0.253 e. The molecule has 0 radical (unpaired) electrons. The van der Waals surface area contributed by atoms with Gasteiger partial charge in [-0.3, -0.25) is 14.8 Å². The second-order valence-corrected chi connectivity index (χ2v) is 6.74. The molecule has 0 unspecified atom stereocenters. The van der Waals surface area contributed by atoms with Crippen LogP contribution < -0.4 is 0 Å². The van der Waals surface area contributed by atoms with E-state index < -0.39 is 0 Å². The predicted octanol–water partition coefficient (Wildman–Crippen LogP) is 3.72. The van der Waals surface area contributed by atoms with E-state index in [1.165, 1.54) is 10.9 Å². The van der Waals surface area contributed by atoms with Crippen molar-refractivity contribution in [2.75, 3.05) is 13.1 Å². The molecule has 1 atom stereocenters. The molecule has 1 aromatic carbocycles. The third-order valence-corrected chi connectivity index (χ3v) is 4.90. The summed E-state index contributed by atoms with van der Waals surface area (Å²) in [5, 5.41) is 1.18. The fourth-order valence-corrected chi connectivity index (χ4v) is 3.65. The average molecular weight is 331 g/mol. The van der Waals surface area contributed by atoms with E-state index in [1.54, 1.807) is 24.5 Å². The Morgan fingerprint density at radius 1 is 1.16 bits per heavy atom. The van der Waals surface area contributed by atoms with E-state index >= 15 is 0 Å². The Hall–Kier alpha value is -2.75. The summed E-state index contributed by atoms with van der Waals surface area (Å²) >= 11 is 0. The topological polar surface area (TPSA) is 46.1 Å². The van der Waals surface area contributed by atoms with E-state index in [-0.39, 0.29) is 5.91 Å². The van der Waals surface area contributed by atoms with Crippen LogP contribution in [0, 0.1) is 5.92 Å². The van der Waals surface area contributed by atoms with E-state index in [2.05, 4.69) is 22.1 Å². The van der Waals surface area contributed by atoms with Crippen molar-refractivity contribution in [3.63, 3.8) is 0 Å². The van der Waals surface area contributed by atoms with Gasteiger partial charge in [0.15, 0.2) is 0 Å². The van der Waals surface area contributed by atoms with Crippen LogP contribution >= 0.6 is 0 Å². The van der Waals surface area contributed by atoms with Gasteiger partial charge < -0.3 is 4.90 Å². The number of rotatable bonds is 3. The minimum atomic E-state index is 0.115. The maximum Gasteiger partial charge on any atom is 0.253 e. The summed E-state index contributed by atoms with van der Waals surface area (Å²) in [4.78, 5) is 23.2. The summed E-state index contributed by atoms with van der Waals surface area (Å²) in [6.45, 7) is 1.65. The molecule has 126 valence electrons. The molecular formula is C21H21N3O. The van der Waals surface area contributed by atoms with Crippen LogP contribution in [0.5, 0.6) is 0 Å². The number of nitrogens with zero attached hydrogens (tertiary/aromatic N) is 3. The molecule has 3 heterocycles. The van der Waals surface area contributed by atoms with Crippen LogP contribution in [0.2, 0.25) is 0 Å². The van der Waals surface area contributed by atoms with Gasteiger partial charge in [-0.1, -0.05) is 18.2 Å². The molecule has 1 aliphatic heterocycles. The zero-order valence-corrected chi connectivity index (χ0v) is 14.1. The monoisotopic (exact) mass is 331 g/mol. The Morgan fingerprint density at radius 2 is 2.00 bits per heavy atom. The van der Waals surface area contributed by atoms with Crippen molar-refractivity contribution >= 4 is 16.8 Å². The van der Waals surface area contributed by atoms with Crippen LogP contribution in [0.4, 0.5) is 0 Å². The highest BCUT2D eigenvalue weighted by Crippen LogP contribution is 2.23.